The first-order chi connectivity index (χ1) is 16.0. The Morgan fingerprint density at radius 3 is 1.33 bits per heavy atom. The number of rotatable bonds is 4. The molecule has 4 N–H and O–H groups in total. The Labute approximate surface area is 193 Å². The lowest BCUT2D eigenvalue weighted by Gasteiger charge is -2.37. The first kappa shape index (κ1) is 21.3. The summed E-state index contributed by atoms with van der Waals surface area (Å²) in [5.74, 6) is 0.148. The molecule has 0 amide bonds. The number of aliphatic hydroxyl groups is 2. The molecule has 4 aromatic carbocycles. The van der Waals surface area contributed by atoms with Gasteiger partial charge in [0.05, 0.1) is 18.6 Å². The number of hydrogen-bond donors (Lipinski definition) is 4. The summed E-state index contributed by atoms with van der Waals surface area (Å²) in [6.07, 6.45) is 0. The smallest absolute Gasteiger partial charge is 0.124 e. The molecule has 0 bridgehead atoms. The highest BCUT2D eigenvalue weighted by atomic mass is 16.3. The summed E-state index contributed by atoms with van der Waals surface area (Å²) in [5.41, 5.74) is 7.60. The van der Waals surface area contributed by atoms with E-state index in [1.54, 1.807) is 12.1 Å². The molecular weight excluding hydrogens is 412 g/mol. The topological polar surface area (TPSA) is 80.9 Å². The van der Waals surface area contributed by atoms with E-state index in [0.717, 1.165) is 33.4 Å². The zero-order valence-electron chi connectivity index (χ0n) is 18.6. The standard InChI is InChI=1S/C29H26O4/c1-17-23(13-11-19(15-30)27(17)32)29(24-14-12-20(16-31)28(33)18(24)2)25-9-5-3-7-21(25)22-8-4-6-10-26(22)29/h3-14,30-33H,15-16H2,1-2H3. The Balaban J connectivity index is 2.00. The van der Waals surface area contributed by atoms with Gasteiger partial charge in [0.2, 0.25) is 0 Å². The van der Waals surface area contributed by atoms with E-state index in [1.165, 1.54) is 0 Å². The molecular formula is C29H26O4. The normalized spacial score (nSPS) is 13.6. The van der Waals surface area contributed by atoms with E-state index in [1.807, 2.05) is 50.2 Å². The summed E-state index contributed by atoms with van der Waals surface area (Å²) in [4.78, 5) is 0. The molecule has 0 spiro atoms. The van der Waals surface area contributed by atoms with E-state index < -0.39 is 5.41 Å². The van der Waals surface area contributed by atoms with Gasteiger partial charge in [-0.05, 0) is 58.4 Å². The minimum absolute atomic E-state index is 0.0742. The van der Waals surface area contributed by atoms with Gasteiger partial charge in [0.1, 0.15) is 11.5 Å². The fourth-order valence-corrected chi connectivity index (χ4v) is 5.54. The van der Waals surface area contributed by atoms with Crippen LogP contribution in [0, 0.1) is 13.8 Å². The Morgan fingerprint density at radius 1 is 0.545 bits per heavy atom. The van der Waals surface area contributed by atoms with Crippen LogP contribution in [-0.4, -0.2) is 20.4 Å². The fraction of sp³-hybridized carbons (Fsp3) is 0.172. The second-order valence-corrected chi connectivity index (χ2v) is 8.65. The van der Waals surface area contributed by atoms with E-state index in [0.29, 0.717) is 22.3 Å². The molecule has 5 rings (SSSR count). The van der Waals surface area contributed by atoms with Gasteiger partial charge in [-0.1, -0.05) is 72.8 Å². The van der Waals surface area contributed by atoms with Crippen molar-refractivity contribution in [3.63, 3.8) is 0 Å². The fourth-order valence-electron chi connectivity index (χ4n) is 5.54. The molecule has 0 aromatic heterocycles. The van der Waals surface area contributed by atoms with Crippen molar-refractivity contribution in [3.05, 3.63) is 117 Å². The van der Waals surface area contributed by atoms with Crippen LogP contribution in [0.25, 0.3) is 11.1 Å². The number of phenols is 2. The Bertz CT molecular complexity index is 1280. The van der Waals surface area contributed by atoms with Crippen LogP contribution in [0.3, 0.4) is 0 Å². The third kappa shape index (κ3) is 2.78. The monoisotopic (exact) mass is 438 g/mol. The van der Waals surface area contributed by atoms with Gasteiger partial charge in [-0.15, -0.1) is 0 Å². The van der Waals surface area contributed by atoms with Crippen molar-refractivity contribution < 1.29 is 20.4 Å². The molecule has 0 atom stereocenters. The van der Waals surface area contributed by atoms with Crippen LogP contribution in [0.15, 0.2) is 72.8 Å². The second kappa shape index (κ2) is 7.77. The summed E-state index contributed by atoms with van der Waals surface area (Å²) in [5, 5.41) is 41.4. The Hall–Kier alpha value is -3.60. The van der Waals surface area contributed by atoms with Crippen molar-refractivity contribution in [3.8, 4) is 22.6 Å². The van der Waals surface area contributed by atoms with Crippen LogP contribution in [-0.2, 0) is 18.6 Å². The van der Waals surface area contributed by atoms with E-state index >= 15 is 0 Å². The van der Waals surface area contributed by atoms with Gasteiger partial charge < -0.3 is 20.4 Å². The number of hydrogen-bond acceptors (Lipinski definition) is 4. The van der Waals surface area contributed by atoms with Gasteiger partial charge in [-0.2, -0.15) is 0 Å². The summed E-state index contributed by atoms with van der Waals surface area (Å²) in [6.45, 7) is 3.23. The average Bonchev–Trinajstić information content (AvgIpc) is 3.14. The van der Waals surface area contributed by atoms with Gasteiger partial charge in [-0.25, -0.2) is 0 Å². The van der Waals surface area contributed by atoms with Gasteiger partial charge >= 0.3 is 0 Å². The lowest BCUT2D eigenvalue weighted by atomic mass is 9.65. The number of benzene rings is 4. The maximum absolute atomic E-state index is 11.0. The summed E-state index contributed by atoms with van der Waals surface area (Å²) in [6, 6.07) is 23.9. The lowest BCUT2D eigenvalue weighted by Crippen LogP contribution is -2.30. The van der Waals surface area contributed by atoms with Gasteiger partial charge in [0.25, 0.3) is 0 Å². The largest absolute Gasteiger partial charge is 0.507 e. The van der Waals surface area contributed by atoms with E-state index in [4.69, 9.17) is 0 Å². The maximum atomic E-state index is 11.0. The molecule has 4 aromatic rings. The Kier molecular flexibility index (Phi) is 5.00. The second-order valence-electron chi connectivity index (χ2n) is 8.65. The first-order valence-corrected chi connectivity index (χ1v) is 11.0. The van der Waals surface area contributed by atoms with Crippen LogP contribution in [0.1, 0.15) is 44.5 Å². The predicted octanol–water partition coefficient (Wildman–Crippen LogP) is 5.06. The first-order valence-electron chi connectivity index (χ1n) is 11.0. The minimum Gasteiger partial charge on any atom is -0.507 e. The minimum atomic E-state index is -0.793. The van der Waals surface area contributed by atoms with E-state index in [2.05, 4.69) is 24.3 Å². The van der Waals surface area contributed by atoms with Gasteiger partial charge in [-0.3, -0.25) is 0 Å². The lowest BCUT2D eigenvalue weighted by molar-refractivity contribution is 0.275. The molecule has 0 aliphatic heterocycles. The number of aromatic hydroxyl groups is 2. The molecule has 1 aliphatic rings. The van der Waals surface area contributed by atoms with Crippen molar-refractivity contribution in [2.24, 2.45) is 0 Å². The predicted molar refractivity (Wildman–Crippen MR) is 128 cm³/mol. The molecule has 166 valence electrons. The zero-order valence-corrected chi connectivity index (χ0v) is 18.6. The average molecular weight is 439 g/mol. The highest BCUT2D eigenvalue weighted by Gasteiger charge is 2.48. The maximum Gasteiger partial charge on any atom is 0.124 e. The van der Waals surface area contributed by atoms with Crippen LogP contribution < -0.4 is 0 Å². The molecule has 0 heterocycles. The van der Waals surface area contributed by atoms with Crippen molar-refractivity contribution in [1.82, 2.24) is 0 Å². The third-order valence-electron chi connectivity index (χ3n) is 7.13. The molecule has 4 nitrogen and oxygen atoms in total. The van der Waals surface area contributed by atoms with Crippen LogP contribution in [0.4, 0.5) is 0 Å². The van der Waals surface area contributed by atoms with E-state index in [-0.39, 0.29) is 24.7 Å². The van der Waals surface area contributed by atoms with Crippen LogP contribution in [0.5, 0.6) is 11.5 Å². The molecule has 0 unspecified atom stereocenters. The van der Waals surface area contributed by atoms with Crippen LogP contribution >= 0.6 is 0 Å². The quantitative estimate of drug-likeness (QED) is 0.316. The molecule has 1 aliphatic carbocycles. The summed E-state index contributed by atoms with van der Waals surface area (Å²) in [7, 11) is 0. The highest BCUT2D eigenvalue weighted by molar-refractivity contribution is 5.87. The van der Waals surface area contributed by atoms with Crippen molar-refractivity contribution in [2.45, 2.75) is 32.5 Å². The molecule has 0 saturated carbocycles. The van der Waals surface area contributed by atoms with Crippen molar-refractivity contribution >= 4 is 0 Å². The van der Waals surface area contributed by atoms with Gasteiger partial charge in [0.15, 0.2) is 0 Å². The summed E-state index contributed by atoms with van der Waals surface area (Å²) < 4.78 is 0. The van der Waals surface area contributed by atoms with Crippen molar-refractivity contribution in [2.75, 3.05) is 0 Å². The van der Waals surface area contributed by atoms with Gasteiger partial charge in [0, 0.05) is 11.1 Å². The summed E-state index contributed by atoms with van der Waals surface area (Å²) >= 11 is 0. The molecule has 33 heavy (non-hydrogen) atoms. The molecule has 0 radical (unpaired) electrons. The zero-order chi connectivity index (χ0) is 23.3. The van der Waals surface area contributed by atoms with Crippen LogP contribution in [0.2, 0.25) is 0 Å². The number of aliphatic hydroxyl groups excluding tert-OH is 2. The molecule has 4 heteroatoms. The molecule has 0 saturated heterocycles. The Morgan fingerprint density at radius 2 is 0.939 bits per heavy atom. The highest BCUT2D eigenvalue weighted by Crippen LogP contribution is 2.58. The SMILES string of the molecule is Cc1c(C2(c3ccc(CO)c(O)c3C)c3ccccc3-c3ccccc32)ccc(CO)c1O. The third-order valence-corrected chi connectivity index (χ3v) is 7.13. The molecule has 0 fully saturated rings. The number of fused-ring (bicyclic) bond motifs is 3. The van der Waals surface area contributed by atoms with E-state index in [9.17, 15) is 20.4 Å². The van der Waals surface area contributed by atoms with Crippen molar-refractivity contribution in [1.29, 1.82) is 0 Å².